The van der Waals surface area contributed by atoms with Gasteiger partial charge in [-0.25, -0.2) is 0 Å². The lowest BCUT2D eigenvalue weighted by atomic mass is 10.1. The second-order valence-electron chi connectivity index (χ2n) is 5.33. The van der Waals surface area contributed by atoms with Crippen molar-refractivity contribution in [2.75, 3.05) is 19.7 Å². The van der Waals surface area contributed by atoms with Crippen LogP contribution in [0.2, 0.25) is 5.02 Å². The summed E-state index contributed by atoms with van der Waals surface area (Å²) in [6.45, 7) is 9.46. The minimum absolute atomic E-state index is 0.257. The average molecular weight is 286 g/mol. The Hall–Kier alpha value is -0.770. The molecule has 2 N–H and O–H groups in total. The number of hydrogen-bond acceptors (Lipinski definition) is 3. The number of ether oxygens (including phenoxy) is 1. The van der Waals surface area contributed by atoms with Crippen LogP contribution < -0.4 is 10.1 Å². The molecule has 108 valence electrons. The number of hydrogen-bond donors (Lipinski definition) is 2. The summed E-state index contributed by atoms with van der Waals surface area (Å²) in [5.74, 6) is 0.806. The van der Waals surface area contributed by atoms with Crippen molar-refractivity contribution in [3.05, 3.63) is 28.3 Å². The lowest BCUT2D eigenvalue weighted by molar-refractivity contribution is 0.0121. The van der Waals surface area contributed by atoms with Crippen molar-refractivity contribution in [1.82, 2.24) is 5.32 Å². The van der Waals surface area contributed by atoms with Gasteiger partial charge in [-0.15, -0.1) is 0 Å². The van der Waals surface area contributed by atoms with E-state index in [1.54, 1.807) is 6.92 Å². The van der Waals surface area contributed by atoms with Crippen molar-refractivity contribution >= 4 is 11.6 Å². The SMILES string of the molecule is CCCNCC(C)(O)COc1c(C)cc(Cl)cc1C. The Morgan fingerprint density at radius 1 is 1.32 bits per heavy atom. The van der Waals surface area contributed by atoms with Crippen LogP contribution in [0.4, 0.5) is 0 Å². The summed E-state index contributed by atoms with van der Waals surface area (Å²) in [4.78, 5) is 0. The first-order valence-corrected chi connectivity index (χ1v) is 7.06. The van der Waals surface area contributed by atoms with E-state index in [1.165, 1.54) is 0 Å². The van der Waals surface area contributed by atoms with Crippen molar-refractivity contribution in [2.45, 2.75) is 39.7 Å². The van der Waals surface area contributed by atoms with Crippen molar-refractivity contribution in [3.63, 3.8) is 0 Å². The Balaban J connectivity index is 2.61. The minimum atomic E-state index is -0.881. The molecule has 0 heterocycles. The lowest BCUT2D eigenvalue weighted by Gasteiger charge is -2.25. The zero-order valence-corrected chi connectivity index (χ0v) is 13.0. The first-order chi connectivity index (χ1) is 8.85. The largest absolute Gasteiger partial charge is 0.490 e. The fourth-order valence-electron chi connectivity index (χ4n) is 1.94. The zero-order chi connectivity index (χ0) is 14.5. The van der Waals surface area contributed by atoms with Gasteiger partial charge in [0.15, 0.2) is 0 Å². The minimum Gasteiger partial charge on any atom is -0.490 e. The number of benzene rings is 1. The number of halogens is 1. The maximum atomic E-state index is 10.2. The quantitative estimate of drug-likeness (QED) is 0.757. The van der Waals surface area contributed by atoms with Crippen LogP contribution >= 0.6 is 11.6 Å². The molecular weight excluding hydrogens is 262 g/mol. The van der Waals surface area contributed by atoms with Gasteiger partial charge in [0.25, 0.3) is 0 Å². The van der Waals surface area contributed by atoms with Gasteiger partial charge in [-0.3, -0.25) is 0 Å². The van der Waals surface area contributed by atoms with Crippen LogP contribution in [-0.2, 0) is 0 Å². The van der Waals surface area contributed by atoms with E-state index in [-0.39, 0.29) is 6.61 Å². The molecule has 0 spiro atoms. The summed E-state index contributed by atoms with van der Waals surface area (Å²) in [6, 6.07) is 3.74. The van der Waals surface area contributed by atoms with E-state index in [9.17, 15) is 5.11 Å². The third-order valence-corrected chi connectivity index (χ3v) is 3.10. The normalized spacial score (nSPS) is 14.2. The second-order valence-corrected chi connectivity index (χ2v) is 5.77. The van der Waals surface area contributed by atoms with Crippen molar-refractivity contribution in [3.8, 4) is 5.75 Å². The number of aliphatic hydroxyl groups is 1. The second kappa shape index (κ2) is 7.13. The number of aryl methyl sites for hydroxylation is 2. The van der Waals surface area contributed by atoms with Crippen molar-refractivity contribution in [2.24, 2.45) is 0 Å². The fraction of sp³-hybridized carbons (Fsp3) is 0.600. The predicted octanol–water partition coefficient (Wildman–Crippen LogP) is 3.09. The van der Waals surface area contributed by atoms with Crippen molar-refractivity contribution in [1.29, 1.82) is 0 Å². The van der Waals surface area contributed by atoms with E-state index >= 15 is 0 Å². The summed E-state index contributed by atoms with van der Waals surface area (Å²) < 4.78 is 5.77. The van der Waals surface area contributed by atoms with E-state index in [2.05, 4.69) is 12.2 Å². The Bertz CT molecular complexity index is 396. The van der Waals surface area contributed by atoms with E-state index in [4.69, 9.17) is 16.3 Å². The maximum Gasteiger partial charge on any atom is 0.125 e. The molecule has 1 aromatic carbocycles. The summed E-state index contributed by atoms with van der Waals surface area (Å²) in [6.07, 6.45) is 1.05. The van der Waals surface area contributed by atoms with Crippen LogP contribution in [0.1, 0.15) is 31.4 Å². The molecule has 0 aliphatic rings. The molecule has 0 amide bonds. The molecule has 19 heavy (non-hydrogen) atoms. The van der Waals surface area contributed by atoms with Gasteiger partial charge in [0.1, 0.15) is 18.0 Å². The molecule has 1 unspecified atom stereocenters. The van der Waals surface area contributed by atoms with Gasteiger partial charge in [0.05, 0.1) is 0 Å². The molecule has 1 rings (SSSR count). The monoisotopic (exact) mass is 285 g/mol. The average Bonchev–Trinajstić information content (AvgIpc) is 2.27. The fourth-order valence-corrected chi connectivity index (χ4v) is 2.27. The van der Waals surface area contributed by atoms with Gasteiger partial charge in [-0.05, 0) is 57.0 Å². The lowest BCUT2D eigenvalue weighted by Crippen LogP contribution is -2.43. The van der Waals surface area contributed by atoms with Gasteiger partial charge < -0.3 is 15.2 Å². The molecule has 0 bridgehead atoms. The molecular formula is C15H24ClNO2. The number of nitrogens with one attached hydrogen (secondary N) is 1. The van der Waals surface area contributed by atoms with Gasteiger partial charge in [-0.2, -0.15) is 0 Å². The molecule has 0 radical (unpaired) electrons. The van der Waals surface area contributed by atoms with Crippen LogP contribution in [0.5, 0.6) is 5.75 Å². The zero-order valence-electron chi connectivity index (χ0n) is 12.2. The summed E-state index contributed by atoms with van der Waals surface area (Å²) >= 11 is 5.98. The van der Waals surface area contributed by atoms with E-state index in [1.807, 2.05) is 26.0 Å². The van der Waals surface area contributed by atoms with Gasteiger partial charge in [0.2, 0.25) is 0 Å². The van der Waals surface area contributed by atoms with Crippen LogP contribution in [0, 0.1) is 13.8 Å². The Kier molecular flexibility index (Phi) is 6.11. The molecule has 4 heteroatoms. The van der Waals surface area contributed by atoms with E-state index in [0.29, 0.717) is 11.6 Å². The molecule has 0 fully saturated rings. The molecule has 0 aliphatic carbocycles. The van der Waals surface area contributed by atoms with Crippen LogP contribution in [-0.4, -0.2) is 30.4 Å². The highest BCUT2D eigenvalue weighted by molar-refractivity contribution is 6.30. The van der Waals surface area contributed by atoms with Crippen molar-refractivity contribution < 1.29 is 9.84 Å². The standard InChI is InChI=1S/C15H24ClNO2/c1-5-6-17-9-15(4,18)10-19-14-11(2)7-13(16)8-12(14)3/h7-8,17-18H,5-6,9-10H2,1-4H3. The Labute approximate surface area is 120 Å². The molecule has 1 aromatic rings. The molecule has 0 aromatic heterocycles. The number of rotatable bonds is 7. The Morgan fingerprint density at radius 2 is 1.89 bits per heavy atom. The Morgan fingerprint density at radius 3 is 2.42 bits per heavy atom. The third kappa shape index (κ3) is 5.39. The van der Waals surface area contributed by atoms with Gasteiger partial charge in [0, 0.05) is 11.6 Å². The van der Waals surface area contributed by atoms with Crippen LogP contribution in [0.3, 0.4) is 0 Å². The first kappa shape index (κ1) is 16.3. The predicted molar refractivity (Wildman–Crippen MR) is 80.2 cm³/mol. The van der Waals surface area contributed by atoms with Crippen LogP contribution in [0.15, 0.2) is 12.1 Å². The van der Waals surface area contributed by atoms with E-state index in [0.717, 1.165) is 29.8 Å². The highest BCUT2D eigenvalue weighted by Crippen LogP contribution is 2.27. The van der Waals surface area contributed by atoms with E-state index < -0.39 is 5.60 Å². The molecule has 3 nitrogen and oxygen atoms in total. The summed E-state index contributed by atoms with van der Waals surface area (Å²) in [7, 11) is 0. The summed E-state index contributed by atoms with van der Waals surface area (Å²) in [5, 5.41) is 14.1. The summed E-state index contributed by atoms with van der Waals surface area (Å²) in [5.41, 5.74) is 1.10. The first-order valence-electron chi connectivity index (χ1n) is 6.68. The molecule has 1 atom stereocenters. The van der Waals surface area contributed by atoms with Gasteiger partial charge in [-0.1, -0.05) is 18.5 Å². The molecule has 0 saturated carbocycles. The van der Waals surface area contributed by atoms with Crippen LogP contribution in [0.25, 0.3) is 0 Å². The maximum absolute atomic E-state index is 10.2. The highest BCUT2D eigenvalue weighted by atomic mass is 35.5. The third-order valence-electron chi connectivity index (χ3n) is 2.89. The smallest absolute Gasteiger partial charge is 0.125 e. The van der Waals surface area contributed by atoms with Gasteiger partial charge >= 0.3 is 0 Å². The highest BCUT2D eigenvalue weighted by Gasteiger charge is 2.21. The topological polar surface area (TPSA) is 41.5 Å². The molecule has 0 aliphatic heterocycles. The molecule has 0 saturated heterocycles.